The minimum absolute atomic E-state index is 0.260. The van der Waals surface area contributed by atoms with E-state index in [9.17, 15) is 9.90 Å². The molecule has 32 heavy (non-hydrogen) atoms. The third-order valence-corrected chi connectivity index (χ3v) is 5.28. The van der Waals surface area contributed by atoms with Gasteiger partial charge in [-0.05, 0) is 51.8 Å². The van der Waals surface area contributed by atoms with Crippen LogP contribution >= 0.6 is 0 Å². The summed E-state index contributed by atoms with van der Waals surface area (Å²) >= 11 is 0. The summed E-state index contributed by atoms with van der Waals surface area (Å²) in [6.07, 6.45) is 1.03. The van der Waals surface area contributed by atoms with Gasteiger partial charge in [-0.1, -0.05) is 52.3 Å². The average Bonchev–Trinajstić information content (AvgIpc) is 3.31. The molecule has 0 spiro atoms. The summed E-state index contributed by atoms with van der Waals surface area (Å²) in [5.74, 6) is -0.0224. The van der Waals surface area contributed by atoms with Crippen LogP contribution in [-0.4, -0.2) is 33.5 Å². The molecule has 1 aromatic heterocycles. The van der Waals surface area contributed by atoms with E-state index in [1.807, 2.05) is 43.3 Å². The Bertz CT molecular complexity index is 1060. The maximum Gasteiger partial charge on any atom is 0.315 e. The number of hydrogen-bond acceptors (Lipinski definition) is 7. The molecule has 0 bridgehead atoms. The molecule has 0 aliphatic carbocycles. The molecule has 2 atom stereocenters. The quantitative estimate of drug-likeness (QED) is 0.365. The standard InChI is InChI=1S/C24H27N3O5/c1-5-30-27-17(3)24(4,23(28)29)14-18-9-11-20(12-10-18)31-21(22-25-15-26-32-22)19-8-6-7-16(2)13-19/h6-13,15,21H,5,14H2,1-4H3,(H,28,29). The second-order valence-electron chi connectivity index (χ2n) is 7.74. The van der Waals surface area contributed by atoms with Crippen molar-refractivity contribution in [1.29, 1.82) is 0 Å². The summed E-state index contributed by atoms with van der Waals surface area (Å²) in [7, 11) is 0. The van der Waals surface area contributed by atoms with Crippen molar-refractivity contribution < 1.29 is 24.0 Å². The molecule has 0 amide bonds. The molecule has 0 saturated carbocycles. The number of carboxylic acids is 1. The molecular weight excluding hydrogens is 410 g/mol. The summed E-state index contributed by atoms with van der Waals surface area (Å²) in [6, 6.07) is 15.2. The van der Waals surface area contributed by atoms with E-state index >= 15 is 0 Å². The molecule has 3 aromatic rings. The van der Waals surface area contributed by atoms with E-state index in [0.29, 0.717) is 24.0 Å². The zero-order valence-electron chi connectivity index (χ0n) is 18.6. The van der Waals surface area contributed by atoms with E-state index in [4.69, 9.17) is 14.1 Å². The lowest BCUT2D eigenvalue weighted by Gasteiger charge is -2.24. The number of benzene rings is 2. The molecule has 0 aliphatic heterocycles. The van der Waals surface area contributed by atoms with Crippen molar-refractivity contribution in [3.63, 3.8) is 0 Å². The highest BCUT2D eigenvalue weighted by Crippen LogP contribution is 2.30. The Morgan fingerprint density at radius 1 is 1.25 bits per heavy atom. The monoisotopic (exact) mass is 437 g/mol. The fraction of sp³-hybridized carbons (Fsp3) is 0.333. The number of aliphatic carboxylic acids is 1. The van der Waals surface area contributed by atoms with Crippen LogP contribution in [0.15, 0.2) is 64.5 Å². The van der Waals surface area contributed by atoms with E-state index < -0.39 is 17.5 Å². The Morgan fingerprint density at radius 2 is 2.00 bits per heavy atom. The molecule has 3 rings (SSSR count). The fourth-order valence-electron chi connectivity index (χ4n) is 3.24. The molecule has 0 saturated heterocycles. The van der Waals surface area contributed by atoms with Crippen LogP contribution in [0.5, 0.6) is 5.75 Å². The fourth-order valence-corrected chi connectivity index (χ4v) is 3.24. The van der Waals surface area contributed by atoms with Crippen molar-refractivity contribution in [2.75, 3.05) is 6.61 Å². The largest absolute Gasteiger partial charge is 0.481 e. The van der Waals surface area contributed by atoms with Gasteiger partial charge in [0.25, 0.3) is 5.89 Å². The second-order valence-corrected chi connectivity index (χ2v) is 7.74. The SMILES string of the molecule is CCON=C(C)C(C)(Cc1ccc(OC(c2cccc(C)c2)c2ncno2)cc1)C(=O)O. The molecule has 1 N–H and O–H groups in total. The van der Waals surface area contributed by atoms with Gasteiger partial charge in [0.1, 0.15) is 17.8 Å². The maximum absolute atomic E-state index is 12.0. The third kappa shape index (κ3) is 5.32. The lowest BCUT2D eigenvalue weighted by atomic mass is 9.80. The number of nitrogens with zero attached hydrogens (tertiary/aromatic N) is 3. The van der Waals surface area contributed by atoms with Gasteiger partial charge in [0, 0.05) is 5.56 Å². The summed E-state index contributed by atoms with van der Waals surface area (Å²) in [5, 5.41) is 17.5. The zero-order valence-corrected chi connectivity index (χ0v) is 18.6. The molecule has 2 aromatic carbocycles. The summed E-state index contributed by atoms with van der Waals surface area (Å²) in [6.45, 7) is 7.48. The van der Waals surface area contributed by atoms with Crippen molar-refractivity contribution >= 4 is 11.7 Å². The van der Waals surface area contributed by atoms with Gasteiger partial charge in [-0.3, -0.25) is 4.79 Å². The molecule has 8 heteroatoms. The first-order chi connectivity index (χ1) is 15.3. The van der Waals surface area contributed by atoms with Gasteiger partial charge < -0.3 is 19.2 Å². The van der Waals surface area contributed by atoms with Crippen LogP contribution in [0.25, 0.3) is 0 Å². The second kappa shape index (κ2) is 10.1. The van der Waals surface area contributed by atoms with Crippen molar-refractivity contribution in [3.05, 3.63) is 77.4 Å². The van der Waals surface area contributed by atoms with Gasteiger partial charge in [0.05, 0.1) is 5.71 Å². The minimum Gasteiger partial charge on any atom is -0.481 e. The smallest absolute Gasteiger partial charge is 0.315 e. The Kier molecular flexibility index (Phi) is 7.25. The first-order valence-electron chi connectivity index (χ1n) is 10.3. The minimum atomic E-state index is -1.19. The Balaban J connectivity index is 1.81. The number of aryl methyl sites for hydroxylation is 1. The number of hydrogen-bond donors (Lipinski definition) is 1. The lowest BCUT2D eigenvalue weighted by molar-refractivity contribution is -0.144. The van der Waals surface area contributed by atoms with Gasteiger partial charge in [-0.15, -0.1) is 0 Å². The average molecular weight is 437 g/mol. The first kappa shape index (κ1) is 23.0. The summed E-state index contributed by atoms with van der Waals surface area (Å²) in [5.41, 5.74) is 2.02. The van der Waals surface area contributed by atoms with Crippen molar-refractivity contribution in [2.45, 2.75) is 40.2 Å². The summed E-state index contributed by atoms with van der Waals surface area (Å²) < 4.78 is 11.4. The Morgan fingerprint density at radius 3 is 2.59 bits per heavy atom. The molecule has 168 valence electrons. The highest BCUT2D eigenvalue weighted by atomic mass is 16.6. The molecular formula is C24H27N3O5. The Labute approximate surface area is 186 Å². The number of rotatable bonds is 10. The first-order valence-corrected chi connectivity index (χ1v) is 10.3. The number of carbonyl (C=O) groups is 1. The van der Waals surface area contributed by atoms with E-state index in [1.54, 1.807) is 32.9 Å². The molecule has 0 radical (unpaired) electrons. The molecule has 2 unspecified atom stereocenters. The molecule has 8 nitrogen and oxygen atoms in total. The van der Waals surface area contributed by atoms with Gasteiger partial charge in [-0.25, -0.2) is 0 Å². The number of oxime groups is 1. The van der Waals surface area contributed by atoms with E-state index in [2.05, 4.69) is 15.3 Å². The van der Waals surface area contributed by atoms with Crippen LogP contribution in [0, 0.1) is 12.3 Å². The van der Waals surface area contributed by atoms with Gasteiger partial charge in [0.2, 0.25) is 6.10 Å². The predicted octanol–water partition coefficient (Wildman–Crippen LogP) is 4.59. The summed E-state index contributed by atoms with van der Waals surface area (Å²) in [4.78, 5) is 21.2. The van der Waals surface area contributed by atoms with Crippen LogP contribution < -0.4 is 4.74 Å². The van der Waals surface area contributed by atoms with Gasteiger partial charge in [0.15, 0.2) is 6.33 Å². The van der Waals surface area contributed by atoms with Crippen molar-refractivity contribution in [1.82, 2.24) is 10.1 Å². The maximum atomic E-state index is 12.0. The van der Waals surface area contributed by atoms with Crippen LogP contribution in [0.4, 0.5) is 0 Å². The van der Waals surface area contributed by atoms with Crippen LogP contribution in [-0.2, 0) is 16.1 Å². The lowest BCUT2D eigenvalue weighted by Crippen LogP contribution is -2.37. The number of carboxylic acid groups (broad SMARTS) is 1. The van der Waals surface area contributed by atoms with Crippen LogP contribution in [0.3, 0.4) is 0 Å². The third-order valence-electron chi connectivity index (χ3n) is 5.28. The highest BCUT2D eigenvalue weighted by molar-refractivity contribution is 6.04. The topological polar surface area (TPSA) is 107 Å². The van der Waals surface area contributed by atoms with Crippen LogP contribution in [0.1, 0.15) is 49.5 Å². The van der Waals surface area contributed by atoms with E-state index in [-0.39, 0.29) is 6.42 Å². The van der Waals surface area contributed by atoms with E-state index in [1.165, 1.54) is 6.33 Å². The molecule has 0 aliphatic rings. The predicted molar refractivity (Wildman–Crippen MR) is 119 cm³/mol. The Hall–Kier alpha value is -3.68. The van der Waals surface area contributed by atoms with Crippen molar-refractivity contribution in [3.8, 4) is 5.75 Å². The number of ether oxygens (including phenoxy) is 1. The number of aromatic nitrogens is 2. The molecule has 1 heterocycles. The molecule has 0 fully saturated rings. The van der Waals surface area contributed by atoms with Crippen LogP contribution in [0.2, 0.25) is 0 Å². The zero-order chi connectivity index (χ0) is 23.1. The van der Waals surface area contributed by atoms with Gasteiger partial charge in [-0.2, -0.15) is 4.98 Å². The van der Waals surface area contributed by atoms with Crippen molar-refractivity contribution in [2.24, 2.45) is 10.6 Å². The van der Waals surface area contributed by atoms with Gasteiger partial charge >= 0.3 is 5.97 Å². The highest BCUT2D eigenvalue weighted by Gasteiger charge is 2.37. The van der Waals surface area contributed by atoms with E-state index in [0.717, 1.165) is 16.7 Å². The normalized spacial score (nSPS) is 14.4.